The number of sulfonamides is 1. The summed E-state index contributed by atoms with van der Waals surface area (Å²) in [5.41, 5.74) is 0.0258. The van der Waals surface area contributed by atoms with E-state index >= 15 is 0 Å². The lowest BCUT2D eigenvalue weighted by atomic mass is 10.2. The molecule has 0 aliphatic heterocycles. The first-order valence-electron chi connectivity index (χ1n) is 7.43. The molecule has 7 nitrogen and oxygen atoms in total. The molecule has 0 unspecified atom stereocenters. The monoisotopic (exact) mass is 380 g/mol. The molecule has 0 radical (unpaired) electrons. The molecule has 0 fully saturated rings. The van der Waals surface area contributed by atoms with E-state index in [4.69, 9.17) is 0 Å². The predicted octanol–water partition coefficient (Wildman–Crippen LogP) is 2.02. The van der Waals surface area contributed by atoms with Gasteiger partial charge in [-0.3, -0.25) is 9.10 Å². The molecule has 0 saturated carbocycles. The SMILES string of the molecule is COC(=O)c1ccccc1NC(=O)CN(c1ccccc1F)S(C)(=O)=O. The minimum absolute atomic E-state index is 0.111. The van der Waals surface area contributed by atoms with Crippen molar-refractivity contribution in [2.24, 2.45) is 0 Å². The fraction of sp³-hybridized carbons (Fsp3) is 0.176. The normalized spacial score (nSPS) is 10.9. The largest absolute Gasteiger partial charge is 0.465 e. The Bertz CT molecular complexity index is 930. The molecule has 0 heterocycles. The molecule has 2 rings (SSSR count). The molecule has 0 spiro atoms. The van der Waals surface area contributed by atoms with Crippen LogP contribution in [0.25, 0.3) is 0 Å². The minimum Gasteiger partial charge on any atom is -0.465 e. The van der Waals surface area contributed by atoms with Crippen LogP contribution in [0.1, 0.15) is 10.4 Å². The molecule has 0 bridgehead atoms. The number of halogens is 1. The average Bonchev–Trinajstić information content (AvgIpc) is 2.59. The van der Waals surface area contributed by atoms with E-state index in [1.165, 1.54) is 37.4 Å². The molecule has 1 N–H and O–H groups in total. The Morgan fingerprint density at radius 2 is 1.73 bits per heavy atom. The number of rotatable bonds is 6. The topological polar surface area (TPSA) is 92.8 Å². The van der Waals surface area contributed by atoms with Crippen LogP contribution in [0.5, 0.6) is 0 Å². The van der Waals surface area contributed by atoms with Crippen molar-refractivity contribution >= 4 is 33.3 Å². The number of amides is 1. The second-order valence-electron chi connectivity index (χ2n) is 5.31. The van der Waals surface area contributed by atoms with E-state index in [0.717, 1.165) is 12.3 Å². The summed E-state index contributed by atoms with van der Waals surface area (Å²) in [5, 5.41) is 2.45. The number of anilines is 2. The van der Waals surface area contributed by atoms with Crippen molar-refractivity contribution in [2.75, 3.05) is 29.5 Å². The lowest BCUT2D eigenvalue weighted by molar-refractivity contribution is -0.114. The quantitative estimate of drug-likeness (QED) is 0.774. The highest BCUT2D eigenvalue weighted by Crippen LogP contribution is 2.22. The summed E-state index contributed by atoms with van der Waals surface area (Å²) in [6, 6.07) is 11.3. The van der Waals surface area contributed by atoms with Crippen molar-refractivity contribution in [1.29, 1.82) is 0 Å². The van der Waals surface area contributed by atoms with Gasteiger partial charge in [-0.15, -0.1) is 0 Å². The van der Waals surface area contributed by atoms with Crippen LogP contribution in [0.4, 0.5) is 15.8 Å². The third-order valence-electron chi connectivity index (χ3n) is 3.42. The van der Waals surface area contributed by atoms with Crippen LogP contribution in [-0.4, -0.2) is 40.2 Å². The standard InChI is InChI=1S/C17H17FN2O5S/c1-25-17(22)12-7-3-5-9-14(12)19-16(21)11-20(26(2,23)24)15-10-6-4-8-13(15)18/h3-10H,11H2,1-2H3,(H,19,21). The number of nitrogens with zero attached hydrogens (tertiary/aromatic N) is 1. The van der Waals surface area contributed by atoms with Gasteiger partial charge in [-0.25, -0.2) is 17.6 Å². The summed E-state index contributed by atoms with van der Waals surface area (Å²) in [6.07, 6.45) is 0.870. The maximum atomic E-state index is 14.0. The zero-order valence-electron chi connectivity index (χ0n) is 14.1. The highest BCUT2D eigenvalue weighted by molar-refractivity contribution is 7.92. The minimum atomic E-state index is -3.92. The molecule has 9 heteroatoms. The van der Waals surface area contributed by atoms with Gasteiger partial charge in [0.1, 0.15) is 12.4 Å². The second-order valence-corrected chi connectivity index (χ2v) is 7.21. The Morgan fingerprint density at radius 1 is 1.12 bits per heavy atom. The molecule has 0 aliphatic carbocycles. The van der Waals surface area contributed by atoms with E-state index < -0.39 is 34.3 Å². The van der Waals surface area contributed by atoms with Crippen molar-refractivity contribution in [3.05, 3.63) is 59.9 Å². The van der Waals surface area contributed by atoms with Gasteiger partial charge >= 0.3 is 5.97 Å². The summed E-state index contributed by atoms with van der Waals surface area (Å²) in [7, 11) is -2.72. The molecule has 2 aromatic rings. The van der Waals surface area contributed by atoms with E-state index in [1.807, 2.05) is 0 Å². The third kappa shape index (κ3) is 4.57. The zero-order valence-corrected chi connectivity index (χ0v) is 14.9. The van der Waals surface area contributed by atoms with Crippen molar-refractivity contribution in [3.63, 3.8) is 0 Å². The number of methoxy groups -OCH3 is 1. The number of hydrogen-bond acceptors (Lipinski definition) is 5. The summed E-state index contributed by atoms with van der Waals surface area (Å²) in [4.78, 5) is 24.1. The zero-order chi connectivity index (χ0) is 19.3. The van der Waals surface area contributed by atoms with Crippen LogP contribution in [0.2, 0.25) is 0 Å². The van der Waals surface area contributed by atoms with Crippen molar-refractivity contribution < 1.29 is 27.1 Å². The molecular formula is C17H17FN2O5S. The number of carbonyl (C=O) groups is 2. The van der Waals surface area contributed by atoms with E-state index in [9.17, 15) is 22.4 Å². The summed E-state index contributed by atoms with van der Waals surface area (Å²) < 4.78 is 43.2. The third-order valence-corrected chi connectivity index (χ3v) is 4.54. The fourth-order valence-electron chi connectivity index (χ4n) is 2.24. The maximum absolute atomic E-state index is 14.0. The molecule has 26 heavy (non-hydrogen) atoms. The lowest BCUT2D eigenvalue weighted by Crippen LogP contribution is -2.38. The number of carbonyl (C=O) groups excluding carboxylic acids is 2. The number of ether oxygens (including phenoxy) is 1. The average molecular weight is 380 g/mol. The molecule has 0 atom stereocenters. The van der Waals surface area contributed by atoms with Gasteiger partial charge in [-0.2, -0.15) is 0 Å². The summed E-state index contributed by atoms with van der Waals surface area (Å²) in [6.45, 7) is -0.657. The van der Waals surface area contributed by atoms with Gasteiger partial charge in [-0.05, 0) is 24.3 Å². The first kappa shape index (κ1) is 19.4. The fourth-order valence-corrected chi connectivity index (χ4v) is 3.09. The molecular weight excluding hydrogens is 363 g/mol. The van der Waals surface area contributed by atoms with Crippen molar-refractivity contribution in [3.8, 4) is 0 Å². The molecule has 0 aromatic heterocycles. The number of para-hydroxylation sites is 2. The predicted molar refractivity (Wildman–Crippen MR) is 95.0 cm³/mol. The Kier molecular flexibility index (Phi) is 5.93. The summed E-state index contributed by atoms with van der Waals surface area (Å²) >= 11 is 0. The van der Waals surface area contributed by atoms with Crippen molar-refractivity contribution in [1.82, 2.24) is 0 Å². The highest BCUT2D eigenvalue weighted by Gasteiger charge is 2.24. The highest BCUT2D eigenvalue weighted by atomic mass is 32.2. The van der Waals surface area contributed by atoms with Crippen LogP contribution in [0.3, 0.4) is 0 Å². The van der Waals surface area contributed by atoms with E-state index in [1.54, 1.807) is 12.1 Å². The van der Waals surface area contributed by atoms with Gasteiger partial charge in [0, 0.05) is 0 Å². The number of esters is 1. The van der Waals surface area contributed by atoms with Gasteiger partial charge in [0.2, 0.25) is 15.9 Å². The van der Waals surface area contributed by atoms with Gasteiger partial charge in [0.15, 0.2) is 0 Å². The van der Waals surface area contributed by atoms with Crippen molar-refractivity contribution in [2.45, 2.75) is 0 Å². The summed E-state index contributed by atoms with van der Waals surface area (Å²) in [5.74, 6) is -2.18. The molecule has 0 saturated heterocycles. The first-order valence-corrected chi connectivity index (χ1v) is 9.28. The molecule has 1 amide bonds. The smallest absolute Gasteiger partial charge is 0.339 e. The first-order chi connectivity index (χ1) is 12.2. The molecule has 2 aromatic carbocycles. The second kappa shape index (κ2) is 7.96. The van der Waals surface area contributed by atoms with Gasteiger partial charge in [0.25, 0.3) is 0 Å². The number of nitrogens with one attached hydrogen (secondary N) is 1. The number of hydrogen-bond donors (Lipinski definition) is 1. The molecule has 0 aliphatic rings. The van der Waals surface area contributed by atoms with Crippen LogP contribution < -0.4 is 9.62 Å². The lowest BCUT2D eigenvalue weighted by Gasteiger charge is -2.22. The van der Waals surface area contributed by atoms with Crippen LogP contribution >= 0.6 is 0 Å². The Labute approximate surface area is 150 Å². The maximum Gasteiger partial charge on any atom is 0.339 e. The number of benzene rings is 2. The van der Waals surface area contributed by atoms with Crippen LogP contribution in [0, 0.1) is 5.82 Å². The van der Waals surface area contributed by atoms with Gasteiger partial charge < -0.3 is 10.1 Å². The molecule has 138 valence electrons. The van der Waals surface area contributed by atoms with E-state index in [2.05, 4.69) is 10.1 Å². The van der Waals surface area contributed by atoms with E-state index in [-0.39, 0.29) is 16.9 Å². The Hall–Kier alpha value is -2.94. The van der Waals surface area contributed by atoms with E-state index in [0.29, 0.717) is 4.31 Å². The Morgan fingerprint density at radius 3 is 2.35 bits per heavy atom. The van der Waals surface area contributed by atoms with Crippen LogP contribution in [-0.2, 0) is 19.6 Å². The van der Waals surface area contributed by atoms with Crippen LogP contribution in [0.15, 0.2) is 48.5 Å². The Balaban J connectivity index is 2.28. The van der Waals surface area contributed by atoms with Gasteiger partial charge in [0.05, 0.1) is 30.3 Å². The van der Waals surface area contributed by atoms with Gasteiger partial charge in [-0.1, -0.05) is 24.3 Å².